The highest BCUT2D eigenvalue weighted by molar-refractivity contribution is 7.90. The molecule has 1 saturated carbocycles. The van der Waals surface area contributed by atoms with E-state index in [-0.39, 0.29) is 17.2 Å². The van der Waals surface area contributed by atoms with E-state index in [1.54, 1.807) is 12.1 Å². The minimum atomic E-state index is -3.80. The lowest BCUT2D eigenvalue weighted by atomic mass is 10.1. The predicted octanol–water partition coefficient (Wildman–Crippen LogP) is 1.96. The first-order valence-electron chi connectivity index (χ1n) is 8.14. The van der Waals surface area contributed by atoms with Crippen LogP contribution in [0, 0.1) is 5.82 Å². The second-order valence-electron chi connectivity index (χ2n) is 6.10. The van der Waals surface area contributed by atoms with E-state index in [1.165, 1.54) is 44.6 Å². The Morgan fingerprint density at radius 3 is 2.59 bits per heavy atom. The summed E-state index contributed by atoms with van der Waals surface area (Å²) in [5.41, 5.74) is 2.95. The molecule has 1 aliphatic rings. The van der Waals surface area contributed by atoms with E-state index in [2.05, 4.69) is 10.3 Å². The number of rotatable bonds is 7. The number of methoxy groups -OCH3 is 2. The van der Waals surface area contributed by atoms with E-state index in [0.29, 0.717) is 17.7 Å². The van der Waals surface area contributed by atoms with Gasteiger partial charge in [0.25, 0.3) is 5.91 Å². The van der Waals surface area contributed by atoms with Crippen molar-refractivity contribution in [1.29, 1.82) is 0 Å². The fraction of sp³-hybridized carbons (Fsp3) is 0.278. The summed E-state index contributed by atoms with van der Waals surface area (Å²) in [4.78, 5) is 14.4. The number of nitrogens with one attached hydrogen (secondary N) is 2. The molecule has 0 saturated heterocycles. The van der Waals surface area contributed by atoms with Crippen LogP contribution in [0.25, 0.3) is 0 Å². The summed E-state index contributed by atoms with van der Waals surface area (Å²) >= 11 is 0. The van der Waals surface area contributed by atoms with Gasteiger partial charge in [-0.15, -0.1) is 4.83 Å². The molecule has 2 unspecified atom stereocenters. The highest BCUT2D eigenvalue weighted by Gasteiger charge is 2.48. The summed E-state index contributed by atoms with van der Waals surface area (Å²) in [6.45, 7) is 0. The molecule has 2 atom stereocenters. The molecule has 1 fully saturated rings. The number of sulfonamides is 1. The Kier molecular flexibility index (Phi) is 5.33. The maximum absolute atomic E-state index is 13.3. The van der Waals surface area contributed by atoms with E-state index < -0.39 is 27.0 Å². The molecule has 1 aliphatic carbocycles. The fourth-order valence-electron chi connectivity index (χ4n) is 2.85. The summed E-state index contributed by atoms with van der Waals surface area (Å²) in [6, 6.07) is 10.4. The van der Waals surface area contributed by atoms with Crippen LogP contribution in [0.4, 0.5) is 4.39 Å². The third kappa shape index (κ3) is 4.20. The SMILES string of the molecule is COc1ccc(C(=O)NNS(=O)(=O)C2CC2c2cccc(F)c2)c(OC)c1. The van der Waals surface area contributed by atoms with Gasteiger partial charge in [0.15, 0.2) is 0 Å². The molecule has 0 bridgehead atoms. The molecule has 3 rings (SSSR count). The van der Waals surface area contributed by atoms with Crippen molar-refractivity contribution < 1.29 is 27.1 Å². The van der Waals surface area contributed by atoms with Gasteiger partial charge in [-0.2, -0.15) is 0 Å². The van der Waals surface area contributed by atoms with Gasteiger partial charge in [0, 0.05) is 12.0 Å². The topological polar surface area (TPSA) is 93.7 Å². The van der Waals surface area contributed by atoms with Gasteiger partial charge in [-0.25, -0.2) is 12.8 Å². The normalized spacial score (nSPS) is 18.6. The summed E-state index contributed by atoms with van der Waals surface area (Å²) in [7, 11) is -0.931. The van der Waals surface area contributed by atoms with Crippen LogP contribution in [-0.2, 0) is 10.0 Å². The molecule has 0 spiro atoms. The highest BCUT2D eigenvalue weighted by Crippen LogP contribution is 2.45. The molecule has 27 heavy (non-hydrogen) atoms. The van der Waals surface area contributed by atoms with Crippen molar-refractivity contribution in [1.82, 2.24) is 10.3 Å². The molecule has 2 aromatic rings. The first-order chi connectivity index (χ1) is 12.9. The Hall–Kier alpha value is -2.65. The van der Waals surface area contributed by atoms with Crippen molar-refractivity contribution in [3.63, 3.8) is 0 Å². The maximum Gasteiger partial charge on any atom is 0.269 e. The zero-order chi connectivity index (χ0) is 19.6. The van der Waals surface area contributed by atoms with Gasteiger partial charge in [0.1, 0.15) is 17.3 Å². The van der Waals surface area contributed by atoms with Gasteiger partial charge in [-0.05, 0) is 36.2 Å². The monoisotopic (exact) mass is 394 g/mol. The van der Waals surface area contributed by atoms with Crippen molar-refractivity contribution in [3.05, 3.63) is 59.4 Å². The largest absolute Gasteiger partial charge is 0.497 e. The smallest absolute Gasteiger partial charge is 0.269 e. The van der Waals surface area contributed by atoms with Crippen LogP contribution in [0.2, 0.25) is 0 Å². The number of carbonyl (C=O) groups excluding carboxylic acids is 1. The Morgan fingerprint density at radius 1 is 1.15 bits per heavy atom. The van der Waals surface area contributed by atoms with Crippen LogP contribution in [0.5, 0.6) is 11.5 Å². The van der Waals surface area contributed by atoms with E-state index in [0.717, 1.165) is 0 Å². The van der Waals surface area contributed by atoms with E-state index in [1.807, 2.05) is 0 Å². The number of carbonyl (C=O) groups is 1. The molecule has 2 N–H and O–H groups in total. The molecular weight excluding hydrogens is 375 g/mol. The number of benzene rings is 2. The van der Waals surface area contributed by atoms with Crippen LogP contribution >= 0.6 is 0 Å². The van der Waals surface area contributed by atoms with Crippen LogP contribution in [0.1, 0.15) is 28.3 Å². The molecule has 7 nitrogen and oxygen atoms in total. The Labute approximate surface area is 156 Å². The third-order valence-electron chi connectivity index (χ3n) is 4.37. The van der Waals surface area contributed by atoms with Gasteiger partial charge in [-0.1, -0.05) is 12.1 Å². The van der Waals surface area contributed by atoms with E-state index >= 15 is 0 Å². The van der Waals surface area contributed by atoms with E-state index in [4.69, 9.17) is 9.47 Å². The first kappa shape index (κ1) is 19.1. The number of hydrogen-bond acceptors (Lipinski definition) is 5. The molecule has 1 amide bonds. The van der Waals surface area contributed by atoms with Crippen molar-refractivity contribution >= 4 is 15.9 Å². The van der Waals surface area contributed by atoms with Gasteiger partial charge in [0.05, 0.1) is 25.0 Å². The number of halogens is 1. The molecule has 0 aromatic heterocycles. The second-order valence-corrected chi connectivity index (χ2v) is 8.00. The van der Waals surface area contributed by atoms with Crippen LogP contribution in [0.3, 0.4) is 0 Å². The number of hydrazine groups is 1. The maximum atomic E-state index is 13.3. The summed E-state index contributed by atoms with van der Waals surface area (Å²) < 4.78 is 48.3. The molecule has 144 valence electrons. The zero-order valence-corrected chi connectivity index (χ0v) is 15.5. The number of amides is 1. The molecule has 2 aromatic carbocycles. The van der Waals surface area contributed by atoms with Gasteiger partial charge >= 0.3 is 0 Å². The zero-order valence-electron chi connectivity index (χ0n) is 14.7. The molecule has 9 heteroatoms. The number of ether oxygens (including phenoxy) is 2. The number of hydrogen-bond donors (Lipinski definition) is 2. The van der Waals surface area contributed by atoms with Crippen LogP contribution in [-0.4, -0.2) is 33.8 Å². The lowest BCUT2D eigenvalue weighted by Crippen LogP contribution is -2.43. The Bertz CT molecular complexity index is 964. The van der Waals surface area contributed by atoms with Crippen LogP contribution < -0.4 is 19.7 Å². The van der Waals surface area contributed by atoms with Crippen molar-refractivity contribution in [2.24, 2.45) is 0 Å². The van der Waals surface area contributed by atoms with Crippen LogP contribution in [0.15, 0.2) is 42.5 Å². The minimum Gasteiger partial charge on any atom is -0.497 e. The summed E-state index contributed by atoms with van der Waals surface area (Å²) in [5.74, 6) is -0.634. The first-order valence-corrected chi connectivity index (χ1v) is 9.69. The van der Waals surface area contributed by atoms with E-state index in [9.17, 15) is 17.6 Å². The van der Waals surface area contributed by atoms with Gasteiger partial charge in [0.2, 0.25) is 10.0 Å². The standard InChI is InChI=1S/C18H19FN2O5S/c1-25-13-6-7-14(16(9-13)26-2)18(22)20-21-27(23,24)17-10-15(17)11-4-3-5-12(19)8-11/h3-9,15,17,21H,10H2,1-2H3,(H,20,22). The Balaban J connectivity index is 1.65. The highest BCUT2D eigenvalue weighted by atomic mass is 32.2. The van der Waals surface area contributed by atoms with Crippen molar-refractivity contribution in [2.75, 3.05) is 14.2 Å². The predicted molar refractivity (Wildman–Crippen MR) is 96.6 cm³/mol. The summed E-state index contributed by atoms with van der Waals surface area (Å²) in [5, 5.41) is -0.725. The molecular formula is C18H19FN2O5S. The Morgan fingerprint density at radius 2 is 1.93 bits per heavy atom. The fourth-order valence-corrected chi connectivity index (χ4v) is 4.29. The lowest BCUT2D eigenvalue weighted by molar-refractivity contribution is 0.0942. The third-order valence-corrected chi connectivity index (χ3v) is 6.07. The average molecular weight is 394 g/mol. The second kappa shape index (κ2) is 7.53. The quantitative estimate of drug-likeness (QED) is 0.701. The molecule has 0 heterocycles. The van der Waals surface area contributed by atoms with Crippen molar-refractivity contribution in [2.45, 2.75) is 17.6 Å². The molecule has 0 radical (unpaired) electrons. The van der Waals surface area contributed by atoms with Gasteiger partial charge < -0.3 is 9.47 Å². The average Bonchev–Trinajstić information content (AvgIpc) is 3.47. The molecule has 0 aliphatic heterocycles. The van der Waals surface area contributed by atoms with Crippen molar-refractivity contribution in [3.8, 4) is 11.5 Å². The lowest BCUT2D eigenvalue weighted by Gasteiger charge is -2.12. The summed E-state index contributed by atoms with van der Waals surface area (Å²) in [6.07, 6.45) is 0.362. The van der Waals surface area contributed by atoms with Gasteiger partial charge in [-0.3, -0.25) is 10.2 Å². The minimum absolute atomic E-state index is 0.151.